The summed E-state index contributed by atoms with van der Waals surface area (Å²) < 4.78 is 17.0. The average Bonchev–Trinajstić information content (AvgIpc) is 2.41. The second kappa shape index (κ2) is 6.13. The van der Waals surface area contributed by atoms with Crippen LogP contribution in [0.4, 0.5) is 5.82 Å². The van der Waals surface area contributed by atoms with Gasteiger partial charge in [0.15, 0.2) is 0 Å². The van der Waals surface area contributed by atoms with E-state index >= 15 is 0 Å². The first kappa shape index (κ1) is 15.9. The minimum Gasteiger partial charge on any atom is -0.459 e. The summed E-state index contributed by atoms with van der Waals surface area (Å²) >= 11 is 0. The van der Waals surface area contributed by atoms with Gasteiger partial charge >= 0.3 is 5.97 Å². The van der Waals surface area contributed by atoms with Gasteiger partial charge in [-0.2, -0.15) is 0 Å². The second-order valence-corrected chi connectivity index (χ2v) is 8.26. The topological polar surface area (TPSA) is 59.5 Å². The number of anilines is 1. The van der Waals surface area contributed by atoms with Gasteiger partial charge in [-0.1, -0.05) is 0 Å². The van der Waals surface area contributed by atoms with Gasteiger partial charge in [0.2, 0.25) is 0 Å². The monoisotopic (exact) mass is 310 g/mol. The first-order valence-corrected chi connectivity index (χ1v) is 8.42. The molecular weight excluding hydrogens is 288 g/mol. The van der Waals surface area contributed by atoms with Crippen molar-refractivity contribution in [2.24, 2.45) is 0 Å². The van der Waals surface area contributed by atoms with Crippen molar-refractivity contribution in [3.8, 4) is 0 Å². The molecule has 1 unspecified atom stereocenters. The van der Waals surface area contributed by atoms with Crippen molar-refractivity contribution < 1.29 is 13.7 Å². The Labute approximate surface area is 128 Å². The molecule has 6 heteroatoms. The number of carbonyl (C=O) groups excluding carboxylic acids is 1. The molecule has 1 atom stereocenters. The van der Waals surface area contributed by atoms with Crippen molar-refractivity contribution in [1.29, 1.82) is 0 Å². The summed E-state index contributed by atoms with van der Waals surface area (Å²) in [6, 6.07) is 3.46. The van der Waals surface area contributed by atoms with E-state index in [2.05, 4.69) is 4.98 Å². The number of ether oxygens (including phenoxy) is 1. The lowest BCUT2D eigenvalue weighted by atomic mass is 10.1. The fourth-order valence-electron chi connectivity index (χ4n) is 2.35. The van der Waals surface area contributed by atoms with Crippen LogP contribution in [0.5, 0.6) is 0 Å². The Morgan fingerprint density at radius 1 is 1.48 bits per heavy atom. The third kappa shape index (κ3) is 3.61. The van der Waals surface area contributed by atoms with Crippen LogP contribution in [-0.2, 0) is 15.5 Å². The van der Waals surface area contributed by atoms with E-state index in [9.17, 15) is 9.00 Å². The molecule has 1 fully saturated rings. The summed E-state index contributed by atoms with van der Waals surface area (Å²) in [4.78, 5) is 18.6. The highest BCUT2D eigenvalue weighted by Crippen LogP contribution is 2.26. The van der Waals surface area contributed by atoms with Gasteiger partial charge in [0.05, 0.1) is 10.9 Å². The first-order chi connectivity index (χ1) is 9.81. The normalized spacial score (nSPS) is 21.4. The maximum atomic E-state index is 12.2. The zero-order valence-corrected chi connectivity index (χ0v) is 13.8. The summed E-state index contributed by atoms with van der Waals surface area (Å²) in [6.07, 6.45) is 1.50. The number of aromatic nitrogens is 1. The number of nitrogens with zero attached hydrogens (tertiary/aromatic N) is 2. The molecule has 0 aromatic carbocycles. The second-order valence-electron chi connectivity index (χ2n) is 6.06. The Hall–Kier alpha value is -1.43. The lowest BCUT2D eigenvalue weighted by Crippen LogP contribution is -2.50. The number of esters is 1. The SMILES string of the molecule is CC(C)OC(=O)c1cccnc1N1CCS(=O)C(C)(C)C1. The lowest BCUT2D eigenvalue weighted by molar-refractivity contribution is 0.0378. The quantitative estimate of drug-likeness (QED) is 0.799. The van der Waals surface area contributed by atoms with Crippen molar-refractivity contribution in [1.82, 2.24) is 4.98 Å². The fraction of sp³-hybridized carbons (Fsp3) is 0.600. The standard InChI is InChI=1S/C15H22N2O3S/c1-11(2)20-14(18)12-6-5-7-16-13(12)17-8-9-21(19)15(3,4)10-17/h5-7,11H,8-10H2,1-4H3. The van der Waals surface area contributed by atoms with E-state index in [1.807, 2.05) is 32.6 Å². The molecule has 0 amide bonds. The van der Waals surface area contributed by atoms with E-state index in [-0.39, 0.29) is 16.8 Å². The Morgan fingerprint density at radius 2 is 2.19 bits per heavy atom. The number of pyridine rings is 1. The van der Waals surface area contributed by atoms with Crippen molar-refractivity contribution >= 4 is 22.6 Å². The van der Waals surface area contributed by atoms with E-state index in [0.717, 1.165) is 0 Å². The minimum absolute atomic E-state index is 0.171. The van der Waals surface area contributed by atoms with E-state index in [1.54, 1.807) is 18.3 Å². The number of hydrogen-bond acceptors (Lipinski definition) is 5. The molecule has 0 N–H and O–H groups in total. The molecule has 2 rings (SSSR count). The summed E-state index contributed by atoms with van der Waals surface area (Å²) in [5, 5.41) is 0. The van der Waals surface area contributed by atoms with Gasteiger partial charge in [0.1, 0.15) is 11.4 Å². The van der Waals surface area contributed by atoms with Crippen molar-refractivity contribution in [2.75, 3.05) is 23.7 Å². The minimum atomic E-state index is -0.857. The van der Waals surface area contributed by atoms with Crippen LogP contribution in [0, 0.1) is 0 Å². The number of hydrogen-bond donors (Lipinski definition) is 0. The van der Waals surface area contributed by atoms with Crippen LogP contribution in [0.2, 0.25) is 0 Å². The van der Waals surface area contributed by atoms with E-state index in [1.165, 1.54) is 0 Å². The summed E-state index contributed by atoms with van der Waals surface area (Å²) in [7, 11) is -0.857. The smallest absolute Gasteiger partial charge is 0.342 e. The molecule has 0 radical (unpaired) electrons. The van der Waals surface area contributed by atoms with Gasteiger partial charge in [-0.05, 0) is 39.8 Å². The van der Waals surface area contributed by atoms with Crippen molar-refractivity contribution in [3.05, 3.63) is 23.9 Å². The summed E-state index contributed by atoms with van der Waals surface area (Å²) in [5.41, 5.74) is 0.467. The maximum Gasteiger partial charge on any atom is 0.342 e. The average molecular weight is 310 g/mol. The van der Waals surface area contributed by atoms with Gasteiger partial charge in [-0.15, -0.1) is 0 Å². The largest absolute Gasteiger partial charge is 0.459 e. The lowest BCUT2D eigenvalue weighted by Gasteiger charge is -2.38. The van der Waals surface area contributed by atoms with Gasteiger partial charge in [-0.3, -0.25) is 4.21 Å². The molecular formula is C15H22N2O3S. The first-order valence-electron chi connectivity index (χ1n) is 7.10. The van der Waals surface area contributed by atoms with Gasteiger partial charge in [0.25, 0.3) is 0 Å². The van der Waals surface area contributed by atoms with Gasteiger partial charge < -0.3 is 9.64 Å². The molecule has 1 saturated heterocycles. The molecule has 0 bridgehead atoms. The number of carbonyl (C=O) groups is 1. The molecule has 1 aliphatic heterocycles. The van der Waals surface area contributed by atoms with Crippen LogP contribution in [0.3, 0.4) is 0 Å². The molecule has 0 saturated carbocycles. The molecule has 1 aromatic heterocycles. The Bertz CT molecular complexity index is 558. The van der Waals surface area contributed by atoms with Gasteiger partial charge in [-0.25, -0.2) is 9.78 Å². The van der Waals surface area contributed by atoms with Crippen LogP contribution in [0.15, 0.2) is 18.3 Å². The molecule has 1 aliphatic rings. The maximum absolute atomic E-state index is 12.2. The molecule has 21 heavy (non-hydrogen) atoms. The zero-order valence-electron chi connectivity index (χ0n) is 13.0. The Kier molecular flexibility index (Phi) is 4.66. The molecule has 1 aromatic rings. The van der Waals surface area contributed by atoms with E-state index < -0.39 is 10.8 Å². The molecule has 0 aliphatic carbocycles. The predicted octanol–water partition coefficient (Wildman–Crippen LogP) is 1.99. The van der Waals surface area contributed by atoms with Crippen LogP contribution >= 0.6 is 0 Å². The Balaban J connectivity index is 2.28. The Morgan fingerprint density at radius 3 is 2.81 bits per heavy atom. The van der Waals surface area contributed by atoms with Crippen LogP contribution in [-0.4, -0.2) is 44.9 Å². The molecule has 5 nitrogen and oxygen atoms in total. The van der Waals surface area contributed by atoms with E-state index in [0.29, 0.717) is 30.2 Å². The highest BCUT2D eigenvalue weighted by atomic mass is 32.2. The zero-order chi connectivity index (χ0) is 15.6. The highest BCUT2D eigenvalue weighted by molar-refractivity contribution is 7.86. The predicted molar refractivity (Wildman–Crippen MR) is 84.1 cm³/mol. The molecule has 116 valence electrons. The number of rotatable bonds is 3. The summed E-state index contributed by atoms with van der Waals surface area (Å²) in [5.74, 6) is 0.841. The van der Waals surface area contributed by atoms with Crippen LogP contribution in [0.1, 0.15) is 38.1 Å². The van der Waals surface area contributed by atoms with Crippen LogP contribution < -0.4 is 4.90 Å². The van der Waals surface area contributed by atoms with Crippen molar-refractivity contribution in [3.63, 3.8) is 0 Å². The van der Waals surface area contributed by atoms with Crippen molar-refractivity contribution in [2.45, 2.75) is 38.5 Å². The molecule has 0 spiro atoms. The van der Waals surface area contributed by atoms with Gasteiger partial charge in [0, 0.05) is 35.8 Å². The van der Waals surface area contributed by atoms with E-state index in [4.69, 9.17) is 4.74 Å². The van der Waals surface area contributed by atoms with Crippen LogP contribution in [0.25, 0.3) is 0 Å². The third-order valence-electron chi connectivity index (χ3n) is 3.38. The molecule has 2 heterocycles. The third-order valence-corrected chi connectivity index (χ3v) is 5.30. The fourth-order valence-corrected chi connectivity index (χ4v) is 3.59. The summed E-state index contributed by atoms with van der Waals surface area (Å²) in [6.45, 7) is 8.84. The highest BCUT2D eigenvalue weighted by Gasteiger charge is 2.35.